The number of hydrogen-bond acceptors (Lipinski definition) is 11. The summed E-state index contributed by atoms with van der Waals surface area (Å²) in [6.45, 7) is 3.77. The van der Waals surface area contributed by atoms with Crippen LogP contribution in [-0.2, 0) is 38.3 Å². The number of hydrogen-bond donors (Lipinski definition) is 4. The first-order chi connectivity index (χ1) is 18.1. The summed E-state index contributed by atoms with van der Waals surface area (Å²) in [5.41, 5.74) is 0. The average Bonchev–Trinajstić information content (AvgIpc) is 2.86. The van der Waals surface area contributed by atoms with Crippen molar-refractivity contribution < 1.29 is 56.2 Å². The third kappa shape index (κ3) is 15.0. The molecule has 1 aliphatic rings. The molecule has 0 radical (unpaired) electrons. The first kappa shape index (κ1) is 35.1. The highest BCUT2D eigenvalue weighted by Crippen LogP contribution is 2.25. The Bertz CT molecular complexity index is 719. The molecule has 226 valence electrons. The van der Waals surface area contributed by atoms with Gasteiger partial charge >= 0.3 is 16.4 Å². The Kier molecular flexibility index (Phi) is 18.5. The van der Waals surface area contributed by atoms with Crippen molar-refractivity contribution in [2.75, 3.05) is 26.4 Å². The number of esters is 1. The van der Waals surface area contributed by atoms with E-state index < -0.39 is 59.8 Å². The lowest BCUT2D eigenvalue weighted by molar-refractivity contribution is -0.301. The molecule has 4 N–H and O–H groups in total. The molecule has 0 amide bonds. The van der Waals surface area contributed by atoms with Gasteiger partial charge in [-0.05, 0) is 12.8 Å². The summed E-state index contributed by atoms with van der Waals surface area (Å²) in [4.78, 5) is 12.4. The van der Waals surface area contributed by atoms with E-state index in [1.165, 1.54) is 19.3 Å². The molecule has 38 heavy (non-hydrogen) atoms. The molecule has 13 heteroatoms. The van der Waals surface area contributed by atoms with Gasteiger partial charge in [0.1, 0.15) is 30.5 Å². The number of aliphatic hydroxyl groups excluding tert-OH is 3. The van der Waals surface area contributed by atoms with Crippen molar-refractivity contribution in [2.24, 2.45) is 0 Å². The minimum absolute atomic E-state index is 0.0380. The molecule has 0 aromatic carbocycles. The largest absolute Gasteiger partial charge is 0.457 e. The van der Waals surface area contributed by atoms with Gasteiger partial charge in [0.15, 0.2) is 6.29 Å². The maximum absolute atomic E-state index is 12.4. The van der Waals surface area contributed by atoms with Crippen molar-refractivity contribution in [3.63, 3.8) is 0 Å². The van der Waals surface area contributed by atoms with Crippen LogP contribution in [-0.4, -0.2) is 97.5 Å². The van der Waals surface area contributed by atoms with Crippen LogP contribution in [0, 0.1) is 0 Å². The summed E-state index contributed by atoms with van der Waals surface area (Å²) in [5.74, 6) is -0.417. The van der Waals surface area contributed by atoms with Crippen LogP contribution >= 0.6 is 0 Å². The molecule has 6 atom stereocenters. The molecule has 0 aromatic heterocycles. The molecule has 0 spiro atoms. The highest BCUT2D eigenvalue weighted by molar-refractivity contribution is 7.80. The van der Waals surface area contributed by atoms with Gasteiger partial charge in [0.25, 0.3) is 0 Å². The second kappa shape index (κ2) is 20.0. The van der Waals surface area contributed by atoms with Crippen molar-refractivity contribution in [1.82, 2.24) is 0 Å². The maximum atomic E-state index is 12.4. The van der Waals surface area contributed by atoms with Crippen molar-refractivity contribution in [3.05, 3.63) is 0 Å². The van der Waals surface area contributed by atoms with Crippen LogP contribution in [0.5, 0.6) is 0 Å². The van der Waals surface area contributed by atoms with E-state index in [-0.39, 0.29) is 19.6 Å². The summed E-state index contributed by atoms with van der Waals surface area (Å²) < 4.78 is 57.8. The number of ether oxygens (including phenoxy) is 4. The van der Waals surface area contributed by atoms with Gasteiger partial charge in [0.2, 0.25) is 0 Å². The Hall–Kier alpha value is -0.900. The minimum Gasteiger partial charge on any atom is -0.457 e. The predicted octanol–water partition coefficient (Wildman–Crippen LogP) is 2.28. The fraction of sp³-hybridized carbons (Fsp3) is 0.960. The van der Waals surface area contributed by atoms with Crippen LogP contribution in [0.15, 0.2) is 0 Å². The lowest BCUT2D eigenvalue weighted by Crippen LogP contribution is -2.60. The molecule has 1 fully saturated rings. The normalized spacial score (nSPS) is 24.8. The van der Waals surface area contributed by atoms with Crippen LogP contribution in [0.1, 0.15) is 90.9 Å². The first-order valence-corrected chi connectivity index (χ1v) is 15.2. The van der Waals surface area contributed by atoms with Gasteiger partial charge in [-0.3, -0.25) is 9.35 Å². The fourth-order valence-electron chi connectivity index (χ4n) is 4.08. The van der Waals surface area contributed by atoms with E-state index in [0.29, 0.717) is 13.0 Å². The number of aliphatic hydroxyl groups is 3. The molecule has 0 aromatic rings. The van der Waals surface area contributed by atoms with Gasteiger partial charge in [-0.15, -0.1) is 0 Å². The molecular weight excluding hydrogens is 524 g/mol. The van der Waals surface area contributed by atoms with E-state index in [9.17, 15) is 28.5 Å². The molecule has 0 bridgehead atoms. The molecular formula is C25H48O12S. The molecule has 1 rings (SSSR count). The van der Waals surface area contributed by atoms with Crippen LogP contribution in [0.25, 0.3) is 0 Å². The van der Waals surface area contributed by atoms with Crippen molar-refractivity contribution in [2.45, 2.75) is 128 Å². The van der Waals surface area contributed by atoms with E-state index in [1.54, 1.807) is 0 Å². The maximum Gasteiger partial charge on any atom is 0.397 e. The Labute approximate surface area is 226 Å². The molecule has 0 saturated carbocycles. The van der Waals surface area contributed by atoms with Gasteiger partial charge < -0.3 is 34.3 Å². The van der Waals surface area contributed by atoms with Crippen molar-refractivity contribution in [3.8, 4) is 0 Å². The Morgan fingerprint density at radius 2 is 1.50 bits per heavy atom. The Morgan fingerprint density at radius 3 is 2.11 bits per heavy atom. The zero-order valence-corrected chi connectivity index (χ0v) is 23.6. The van der Waals surface area contributed by atoms with E-state index in [4.69, 9.17) is 23.5 Å². The Balaban J connectivity index is 2.68. The van der Waals surface area contributed by atoms with Crippen LogP contribution in [0.2, 0.25) is 0 Å². The molecule has 0 aliphatic carbocycles. The first-order valence-electron chi connectivity index (χ1n) is 13.8. The summed E-state index contributed by atoms with van der Waals surface area (Å²) >= 11 is 0. The molecule has 1 saturated heterocycles. The third-order valence-electron chi connectivity index (χ3n) is 6.23. The SMILES string of the molecule is CCCCCCCCOCC(COC1OC(CO)C(O)C(OS(=O)(=O)O)C1O)OC(=O)CCCCCCC. The monoisotopic (exact) mass is 572 g/mol. The van der Waals surface area contributed by atoms with Crippen LogP contribution in [0.3, 0.4) is 0 Å². The number of carbonyl (C=O) groups excluding carboxylic acids is 1. The van der Waals surface area contributed by atoms with Gasteiger partial charge in [0.05, 0.1) is 19.8 Å². The van der Waals surface area contributed by atoms with Gasteiger partial charge in [-0.1, -0.05) is 71.6 Å². The molecule has 6 unspecified atom stereocenters. The van der Waals surface area contributed by atoms with E-state index >= 15 is 0 Å². The topological polar surface area (TPSA) is 178 Å². The average molecular weight is 573 g/mol. The molecule has 12 nitrogen and oxygen atoms in total. The van der Waals surface area contributed by atoms with Gasteiger partial charge in [0, 0.05) is 13.0 Å². The van der Waals surface area contributed by atoms with E-state index in [1.807, 2.05) is 0 Å². The molecule has 1 aliphatic heterocycles. The minimum atomic E-state index is -5.03. The van der Waals surface area contributed by atoms with Crippen molar-refractivity contribution >= 4 is 16.4 Å². The zero-order valence-electron chi connectivity index (χ0n) is 22.7. The lowest BCUT2D eigenvalue weighted by atomic mass is 9.99. The van der Waals surface area contributed by atoms with Crippen molar-refractivity contribution in [1.29, 1.82) is 0 Å². The standard InChI is InChI=1S/C25H48O12S/c1-3-5-7-9-11-13-15-33-17-19(35-21(27)14-12-10-8-6-4-2)18-34-25-23(29)24(37-38(30,31)32)22(28)20(16-26)36-25/h19-20,22-26,28-29H,3-18H2,1-2H3,(H,30,31,32). The highest BCUT2D eigenvalue weighted by Gasteiger charge is 2.48. The quantitative estimate of drug-likeness (QED) is 0.0846. The Morgan fingerprint density at radius 1 is 0.895 bits per heavy atom. The zero-order chi connectivity index (χ0) is 28.4. The van der Waals surface area contributed by atoms with Crippen LogP contribution in [0.4, 0.5) is 0 Å². The third-order valence-corrected chi connectivity index (χ3v) is 6.69. The summed E-state index contributed by atoms with van der Waals surface area (Å²) in [5, 5.41) is 30.1. The summed E-state index contributed by atoms with van der Waals surface area (Å²) in [6, 6.07) is 0. The van der Waals surface area contributed by atoms with Crippen LogP contribution < -0.4 is 0 Å². The molecule has 1 heterocycles. The summed E-state index contributed by atoms with van der Waals surface area (Å²) in [6.07, 6.45) is 2.46. The highest BCUT2D eigenvalue weighted by atomic mass is 32.3. The lowest BCUT2D eigenvalue weighted by Gasteiger charge is -2.41. The van der Waals surface area contributed by atoms with Gasteiger partial charge in [-0.25, -0.2) is 4.18 Å². The summed E-state index contributed by atoms with van der Waals surface area (Å²) in [7, 11) is -5.03. The number of unbranched alkanes of at least 4 members (excludes halogenated alkanes) is 9. The number of rotatable bonds is 22. The van der Waals surface area contributed by atoms with E-state index in [0.717, 1.165) is 44.9 Å². The smallest absolute Gasteiger partial charge is 0.397 e. The predicted molar refractivity (Wildman–Crippen MR) is 138 cm³/mol. The second-order valence-corrected chi connectivity index (χ2v) is 10.7. The van der Waals surface area contributed by atoms with Gasteiger partial charge in [-0.2, -0.15) is 8.42 Å². The second-order valence-electron chi connectivity index (χ2n) is 9.65. The fourth-order valence-corrected chi connectivity index (χ4v) is 4.59. The number of carbonyl (C=O) groups is 1. The van der Waals surface area contributed by atoms with E-state index in [2.05, 4.69) is 18.0 Å².